The zero-order chi connectivity index (χ0) is 13.0. The molecule has 0 radical (unpaired) electrons. The SMILES string of the molecule is Fc1c(Cl)cc(C(F)(F)F)cc1C1CC1(Cl)Cl. The molecule has 2 rings (SSSR count). The molecule has 0 saturated heterocycles. The maximum atomic E-state index is 13.6. The molecule has 1 saturated carbocycles. The normalized spacial score (nSPS) is 22.6. The summed E-state index contributed by atoms with van der Waals surface area (Å²) in [5, 5.41) is -0.578. The van der Waals surface area contributed by atoms with Crippen LogP contribution in [0.2, 0.25) is 5.02 Å². The molecule has 0 aromatic heterocycles. The highest BCUT2D eigenvalue weighted by Crippen LogP contribution is 2.60. The van der Waals surface area contributed by atoms with Gasteiger partial charge in [0.2, 0.25) is 0 Å². The van der Waals surface area contributed by atoms with Crippen LogP contribution < -0.4 is 0 Å². The standard InChI is InChI=1S/C10H5Cl3F4/c11-7-2-4(10(15,16)17)1-5(8(7)14)6-3-9(6,12)13/h1-2,6H,3H2. The second-order valence-electron chi connectivity index (χ2n) is 3.88. The maximum Gasteiger partial charge on any atom is 0.416 e. The molecule has 17 heavy (non-hydrogen) atoms. The fraction of sp³-hybridized carbons (Fsp3) is 0.400. The van der Waals surface area contributed by atoms with E-state index in [4.69, 9.17) is 34.8 Å². The van der Waals surface area contributed by atoms with Crippen molar-refractivity contribution in [3.63, 3.8) is 0 Å². The summed E-state index contributed by atoms with van der Waals surface area (Å²) in [6, 6.07) is 1.26. The topological polar surface area (TPSA) is 0 Å². The summed E-state index contributed by atoms with van der Waals surface area (Å²) in [6.07, 6.45) is -4.37. The van der Waals surface area contributed by atoms with Gasteiger partial charge in [-0.05, 0) is 24.1 Å². The predicted octanol–water partition coefficient (Wildman–Crippen LogP) is 5.16. The highest BCUT2D eigenvalue weighted by molar-refractivity contribution is 6.51. The van der Waals surface area contributed by atoms with E-state index in [2.05, 4.69) is 0 Å². The Morgan fingerprint density at radius 2 is 1.76 bits per heavy atom. The molecule has 1 aromatic rings. The second kappa shape index (κ2) is 3.90. The number of rotatable bonds is 1. The summed E-state index contributed by atoms with van der Waals surface area (Å²) in [7, 11) is 0. The molecule has 0 heterocycles. The van der Waals surface area contributed by atoms with Gasteiger partial charge in [0.15, 0.2) is 0 Å². The van der Waals surface area contributed by atoms with Crippen molar-refractivity contribution in [3.05, 3.63) is 34.1 Å². The Morgan fingerprint density at radius 1 is 1.24 bits per heavy atom. The fourth-order valence-electron chi connectivity index (χ4n) is 1.58. The van der Waals surface area contributed by atoms with E-state index < -0.39 is 32.8 Å². The van der Waals surface area contributed by atoms with E-state index in [0.29, 0.717) is 12.1 Å². The zero-order valence-electron chi connectivity index (χ0n) is 8.08. The van der Waals surface area contributed by atoms with Crippen molar-refractivity contribution in [2.75, 3.05) is 0 Å². The molecule has 1 atom stereocenters. The first kappa shape index (κ1) is 13.2. The summed E-state index contributed by atoms with van der Waals surface area (Å²) < 4.78 is 49.9. The van der Waals surface area contributed by atoms with Crippen LogP contribution in [-0.4, -0.2) is 4.33 Å². The average molecular weight is 308 g/mol. The van der Waals surface area contributed by atoms with Crippen molar-refractivity contribution >= 4 is 34.8 Å². The van der Waals surface area contributed by atoms with Gasteiger partial charge in [0.1, 0.15) is 10.2 Å². The van der Waals surface area contributed by atoms with Crippen LogP contribution in [0.1, 0.15) is 23.5 Å². The van der Waals surface area contributed by atoms with Crippen LogP contribution in [0.25, 0.3) is 0 Å². The molecule has 0 aliphatic heterocycles. The summed E-state index contributed by atoms with van der Waals surface area (Å²) >= 11 is 16.8. The highest BCUT2D eigenvalue weighted by atomic mass is 35.5. The van der Waals surface area contributed by atoms with Crippen molar-refractivity contribution in [2.45, 2.75) is 22.8 Å². The lowest BCUT2D eigenvalue weighted by Crippen LogP contribution is -2.07. The first-order valence-corrected chi connectivity index (χ1v) is 5.70. The van der Waals surface area contributed by atoms with Gasteiger partial charge in [-0.2, -0.15) is 13.2 Å². The van der Waals surface area contributed by atoms with Crippen LogP contribution in [0.3, 0.4) is 0 Å². The molecular weight excluding hydrogens is 302 g/mol. The Bertz CT molecular complexity index is 467. The van der Waals surface area contributed by atoms with Gasteiger partial charge in [-0.3, -0.25) is 0 Å². The summed E-state index contributed by atoms with van der Waals surface area (Å²) in [6.45, 7) is 0. The van der Waals surface area contributed by atoms with E-state index in [9.17, 15) is 17.6 Å². The molecule has 0 spiro atoms. The smallest absolute Gasteiger partial charge is 0.205 e. The summed E-state index contributed by atoms with van der Waals surface area (Å²) in [5.41, 5.74) is -1.19. The lowest BCUT2D eigenvalue weighted by molar-refractivity contribution is -0.137. The molecule has 1 fully saturated rings. The third-order valence-corrected chi connectivity index (χ3v) is 3.70. The van der Waals surface area contributed by atoms with Crippen molar-refractivity contribution in [2.24, 2.45) is 0 Å². The summed E-state index contributed by atoms with van der Waals surface area (Å²) in [4.78, 5) is 0. The van der Waals surface area contributed by atoms with E-state index >= 15 is 0 Å². The first-order chi connectivity index (χ1) is 7.63. The fourth-order valence-corrected chi connectivity index (χ4v) is 2.35. The van der Waals surface area contributed by atoms with Gasteiger partial charge < -0.3 is 0 Å². The first-order valence-electron chi connectivity index (χ1n) is 4.57. The minimum Gasteiger partial charge on any atom is -0.205 e. The molecular formula is C10H5Cl3F4. The third kappa shape index (κ3) is 2.49. The second-order valence-corrected chi connectivity index (χ2v) is 5.83. The van der Waals surface area contributed by atoms with Crippen molar-refractivity contribution in [1.29, 1.82) is 0 Å². The van der Waals surface area contributed by atoms with E-state index in [1.54, 1.807) is 0 Å². The Morgan fingerprint density at radius 3 is 2.18 bits per heavy atom. The third-order valence-electron chi connectivity index (χ3n) is 2.59. The zero-order valence-corrected chi connectivity index (χ0v) is 10.4. The molecule has 7 heteroatoms. The number of hydrogen-bond acceptors (Lipinski definition) is 0. The van der Waals surface area contributed by atoms with Gasteiger partial charge in [0.05, 0.1) is 10.6 Å². The molecule has 94 valence electrons. The Kier molecular flexibility index (Phi) is 3.04. The molecule has 1 aromatic carbocycles. The Hall–Kier alpha value is -0.190. The molecule has 0 N–H and O–H groups in total. The van der Waals surface area contributed by atoms with Crippen LogP contribution in [0.4, 0.5) is 17.6 Å². The quantitative estimate of drug-likeness (QED) is 0.496. The number of hydrogen-bond donors (Lipinski definition) is 0. The van der Waals surface area contributed by atoms with Gasteiger partial charge in [-0.25, -0.2) is 4.39 Å². The maximum absolute atomic E-state index is 13.6. The number of halogens is 7. The van der Waals surface area contributed by atoms with Gasteiger partial charge in [-0.1, -0.05) is 11.6 Å². The molecule has 0 amide bonds. The average Bonchev–Trinajstić information content (AvgIpc) is 2.77. The van der Waals surface area contributed by atoms with E-state index in [1.807, 2.05) is 0 Å². The van der Waals surface area contributed by atoms with E-state index in [1.165, 1.54) is 0 Å². The monoisotopic (exact) mass is 306 g/mol. The Balaban J connectivity index is 2.49. The van der Waals surface area contributed by atoms with Crippen LogP contribution in [-0.2, 0) is 6.18 Å². The van der Waals surface area contributed by atoms with Crippen LogP contribution in [0.15, 0.2) is 12.1 Å². The van der Waals surface area contributed by atoms with Crippen LogP contribution >= 0.6 is 34.8 Å². The lowest BCUT2D eigenvalue weighted by Gasteiger charge is -2.11. The predicted molar refractivity (Wildman–Crippen MR) is 58.2 cm³/mol. The molecule has 1 aliphatic rings. The molecule has 1 aliphatic carbocycles. The molecule has 1 unspecified atom stereocenters. The minimum absolute atomic E-state index is 0.185. The van der Waals surface area contributed by atoms with Gasteiger partial charge in [-0.15, -0.1) is 23.2 Å². The van der Waals surface area contributed by atoms with Gasteiger partial charge in [0.25, 0.3) is 0 Å². The van der Waals surface area contributed by atoms with Crippen molar-refractivity contribution in [3.8, 4) is 0 Å². The van der Waals surface area contributed by atoms with Gasteiger partial charge in [0, 0.05) is 5.92 Å². The van der Waals surface area contributed by atoms with Crippen LogP contribution in [0.5, 0.6) is 0 Å². The molecule has 0 bridgehead atoms. The van der Waals surface area contributed by atoms with Crippen molar-refractivity contribution < 1.29 is 17.6 Å². The van der Waals surface area contributed by atoms with E-state index in [0.717, 1.165) is 0 Å². The van der Waals surface area contributed by atoms with E-state index in [-0.39, 0.29) is 12.0 Å². The minimum atomic E-state index is -4.58. The number of benzene rings is 1. The van der Waals surface area contributed by atoms with Crippen LogP contribution in [0, 0.1) is 5.82 Å². The largest absolute Gasteiger partial charge is 0.416 e. The molecule has 0 nitrogen and oxygen atoms in total. The lowest BCUT2D eigenvalue weighted by atomic mass is 10.1. The van der Waals surface area contributed by atoms with Crippen molar-refractivity contribution in [1.82, 2.24) is 0 Å². The summed E-state index contributed by atoms with van der Waals surface area (Å²) in [5.74, 6) is -1.54. The highest BCUT2D eigenvalue weighted by Gasteiger charge is 2.54. The number of alkyl halides is 5. The van der Waals surface area contributed by atoms with Gasteiger partial charge >= 0.3 is 6.18 Å². The Labute approximate surface area is 109 Å².